The number of rotatable bonds is 33. The summed E-state index contributed by atoms with van der Waals surface area (Å²) in [6.45, 7) is 4.25. The topological polar surface area (TPSA) is 69.6 Å². The Kier molecular flexibility index (Phi) is 34.5. The summed E-state index contributed by atoms with van der Waals surface area (Å²) in [6.07, 6.45) is 47.6. The Morgan fingerprint density at radius 2 is 0.955 bits per heavy atom. The van der Waals surface area contributed by atoms with Crippen molar-refractivity contribution < 1.29 is 15.0 Å². The number of amides is 1. The van der Waals surface area contributed by atoms with Gasteiger partial charge >= 0.3 is 0 Å². The van der Waals surface area contributed by atoms with Gasteiger partial charge in [0.2, 0.25) is 5.91 Å². The highest BCUT2D eigenvalue weighted by atomic mass is 16.3. The van der Waals surface area contributed by atoms with Crippen molar-refractivity contribution in [2.75, 3.05) is 6.61 Å². The summed E-state index contributed by atoms with van der Waals surface area (Å²) >= 11 is 0. The van der Waals surface area contributed by atoms with Crippen LogP contribution in [0.5, 0.6) is 0 Å². The number of unbranched alkanes of at least 4 members (excludes halogenated alkanes) is 21. The number of hydrogen-bond donors (Lipinski definition) is 3. The molecule has 0 aliphatic rings. The van der Waals surface area contributed by atoms with Gasteiger partial charge in [0.25, 0.3) is 0 Å². The molecule has 0 aromatic carbocycles. The fraction of sp³-hybridized carbons (Fsp3) is 0.775. The van der Waals surface area contributed by atoms with Gasteiger partial charge in [0.05, 0.1) is 18.8 Å². The SMILES string of the molecule is CCCCC/C=C\C=C/CCCCCCCCC(=O)NC(CO)C(O)/C=C/CC/C=C/CCCCCCCCCCCCC. The van der Waals surface area contributed by atoms with E-state index >= 15 is 0 Å². The van der Waals surface area contributed by atoms with E-state index in [0.717, 1.165) is 44.9 Å². The van der Waals surface area contributed by atoms with Crippen molar-refractivity contribution in [2.45, 2.75) is 193 Å². The average molecular weight is 616 g/mol. The van der Waals surface area contributed by atoms with E-state index < -0.39 is 12.1 Å². The lowest BCUT2D eigenvalue weighted by Gasteiger charge is -2.19. The van der Waals surface area contributed by atoms with E-state index in [0.29, 0.717) is 6.42 Å². The molecule has 2 atom stereocenters. The molecular weight excluding hydrogens is 542 g/mol. The van der Waals surface area contributed by atoms with Crippen molar-refractivity contribution in [1.29, 1.82) is 0 Å². The minimum absolute atomic E-state index is 0.0882. The zero-order valence-corrected chi connectivity index (χ0v) is 29.2. The fourth-order valence-electron chi connectivity index (χ4n) is 5.36. The van der Waals surface area contributed by atoms with Gasteiger partial charge in [-0.25, -0.2) is 0 Å². The second-order valence-corrected chi connectivity index (χ2v) is 12.7. The highest BCUT2D eigenvalue weighted by Crippen LogP contribution is 2.13. The standard InChI is InChI=1S/C40H73NO3/c1-3-5-7-9-11-13-15-17-19-20-22-23-25-27-29-31-33-35-39(43)38(37-42)41-40(44)36-34-32-30-28-26-24-21-18-16-14-12-10-8-6-4-2/h12,14,16,18,25,27,33,35,38-39,42-43H,3-11,13,15,17,19-24,26,28-32,34,36-37H2,1-2H3,(H,41,44)/b14-12-,18-16-,27-25+,35-33+. The third-order valence-corrected chi connectivity index (χ3v) is 8.31. The third-order valence-electron chi connectivity index (χ3n) is 8.31. The molecule has 0 rings (SSSR count). The fourth-order valence-corrected chi connectivity index (χ4v) is 5.36. The minimum Gasteiger partial charge on any atom is -0.394 e. The van der Waals surface area contributed by atoms with Crippen molar-refractivity contribution in [3.05, 3.63) is 48.6 Å². The first kappa shape index (κ1) is 42.3. The molecule has 4 heteroatoms. The van der Waals surface area contributed by atoms with Gasteiger partial charge < -0.3 is 15.5 Å². The molecule has 44 heavy (non-hydrogen) atoms. The summed E-state index contributed by atoms with van der Waals surface area (Å²) < 4.78 is 0. The van der Waals surface area contributed by atoms with Crippen LogP contribution < -0.4 is 5.32 Å². The first-order chi connectivity index (χ1) is 21.7. The quantitative estimate of drug-likeness (QED) is 0.0391. The molecule has 4 nitrogen and oxygen atoms in total. The highest BCUT2D eigenvalue weighted by Gasteiger charge is 2.17. The molecule has 0 bridgehead atoms. The normalized spacial score (nSPS) is 13.6. The summed E-state index contributed by atoms with van der Waals surface area (Å²) in [4.78, 5) is 12.3. The molecule has 0 aliphatic carbocycles. The van der Waals surface area contributed by atoms with Crippen LogP contribution in [0.2, 0.25) is 0 Å². The van der Waals surface area contributed by atoms with Crippen molar-refractivity contribution in [1.82, 2.24) is 5.32 Å². The molecule has 2 unspecified atom stereocenters. The van der Waals surface area contributed by atoms with Gasteiger partial charge in [0.1, 0.15) is 0 Å². The Morgan fingerprint density at radius 1 is 0.545 bits per heavy atom. The number of carbonyl (C=O) groups excluding carboxylic acids is 1. The molecule has 0 saturated heterocycles. The molecule has 0 saturated carbocycles. The highest BCUT2D eigenvalue weighted by molar-refractivity contribution is 5.76. The number of aliphatic hydroxyl groups is 2. The lowest BCUT2D eigenvalue weighted by atomic mass is 10.1. The van der Waals surface area contributed by atoms with Crippen LogP contribution in [0.1, 0.15) is 181 Å². The van der Waals surface area contributed by atoms with Crippen molar-refractivity contribution in [3.63, 3.8) is 0 Å². The Bertz CT molecular complexity index is 711. The van der Waals surface area contributed by atoms with Crippen LogP contribution in [-0.4, -0.2) is 34.9 Å². The summed E-state index contributed by atoms with van der Waals surface area (Å²) in [5, 5.41) is 22.9. The maximum Gasteiger partial charge on any atom is 0.220 e. The second kappa shape index (κ2) is 35.8. The first-order valence-corrected chi connectivity index (χ1v) is 18.9. The van der Waals surface area contributed by atoms with E-state index in [1.54, 1.807) is 6.08 Å². The molecule has 0 spiro atoms. The largest absolute Gasteiger partial charge is 0.394 e. The lowest BCUT2D eigenvalue weighted by molar-refractivity contribution is -0.123. The molecule has 0 aromatic heterocycles. The number of nitrogens with one attached hydrogen (secondary N) is 1. The Labute approximate surface area is 274 Å². The summed E-state index contributed by atoms with van der Waals surface area (Å²) in [7, 11) is 0. The summed E-state index contributed by atoms with van der Waals surface area (Å²) in [5.41, 5.74) is 0. The maximum absolute atomic E-state index is 12.3. The average Bonchev–Trinajstić information content (AvgIpc) is 3.03. The second-order valence-electron chi connectivity index (χ2n) is 12.7. The number of aliphatic hydroxyl groups excluding tert-OH is 2. The predicted molar refractivity (Wildman–Crippen MR) is 193 cm³/mol. The van der Waals surface area contributed by atoms with Gasteiger partial charge in [0, 0.05) is 6.42 Å². The molecule has 0 radical (unpaired) electrons. The zero-order chi connectivity index (χ0) is 32.2. The van der Waals surface area contributed by atoms with Crippen molar-refractivity contribution in [3.8, 4) is 0 Å². The zero-order valence-electron chi connectivity index (χ0n) is 29.2. The molecule has 3 N–H and O–H groups in total. The molecule has 0 aromatic rings. The van der Waals surface area contributed by atoms with E-state index in [2.05, 4.69) is 55.6 Å². The van der Waals surface area contributed by atoms with Crippen LogP contribution >= 0.6 is 0 Å². The number of allylic oxidation sites excluding steroid dienone is 7. The van der Waals surface area contributed by atoms with E-state index in [4.69, 9.17) is 0 Å². The van der Waals surface area contributed by atoms with Crippen molar-refractivity contribution >= 4 is 5.91 Å². The van der Waals surface area contributed by atoms with Crippen LogP contribution in [0.3, 0.4) is 0 Å². The summed E-state index contributed by atoms with van der Waals surface area (Å²) in [5.74, 6) is -0.0882. The third kappa shape index (κ3) is 31.8. The molecular formula is C40H73NO3. The monoisotopic (exact) mass is 616 g/mol. The van der Waals surface area contributed by atoms with E-state index in [9.17, 15) is 15.0 Å². The first-order valence-electron chi connectivity index (χ1n) is 18.9. The lowest BCUT2D eigenvalue weighted by Crippen LogP contribution is -2.45. The molecule has 256 valence electrons. The van der Waals surface area contributed by atoms with Crippen LogP contribution in [0, 0.1) is 0 Å². The van der Waals surface area contributed by atoms with E-state index in [1.165, 1.54) is 116 Å². The van der Waals surface area contributed by atoms with Gasteiger partial charge in [-0.05, 0) is 57.8 Å². The van der Waals surface area contributed by atoms with E-state index in [-0.39, 0.29) is 12.5 Å². The predicted octanol–water partition coefficient (Wildman–Crippen LogP) is 11.2. The molecule has 0 fully saturated rings. The van der Waals surface area contributed by atoms with Gasteiger partial charge in [-0.1, -0.05) is 165 Å². The Balaban J connectivity index is 3.70. The van der Waals surface area contributed by atoms with Gasteiger partial charge in [-0.3, -0.25) is 4.79 Å². The van der Waals surface area contributed by atoms with E-state index in [1.807, 2.05) is 6.08 Å². The number of hydrogen-bond acceptors (Lipinski definition) is 3. The smallest absolute Gasteiger partial charge is 0.220 e. The number of carbonyl (C=O) groups is 1. The molecule has 0 heterocycles. The Hall–Kier alpha value is -1.65. The van der Waals surface area contributed by atoms with Crippen LogP contribution in [0.25, 0.3) is 0 Å². The minimum atomic E-state index is -0.866. The van der Waals surface area contributed by atoms with Gasteiger partial charge in [-0.15, -0.1) is 0 Å². The summed E-state index contributed by atoms with van der Waals surface area (Å²) in [6, 6.07) is -0.644. The van der Waals surface area contributed by atoms with Gasteiger partial charge in [0.15, 0.2) is 0 Å². The Morgan fingerprint density at radius 3 is 1.50 bits per heavy atom. The van der Waals surface area contributed by atoms with Gasteiger partial charge in [-0.2, -0.15) is 0 Å². The van der Waals surface area contributed by atoms with Crippen LogP contribution in [-0.2, 0) is 4.79 Å². The van der Waals surface area contributed by atoms with Crippen molar-refractivity contribution in [2.24, 2.45) is 0 Å². The molecule has 1 amide bonds. The molecule has 0 aliphatic heterocycles. The van der Waals surface area contributed by atoms with Crippen LogP contribution in [0.15, 0.2) is 48.6 Å². The maximum atomic E-state index is 12.3. The van der Waals surface area contributed by atoms with Crippen LogP contribution in [0.4, 0.5) is 0 Å².